The van der Waals surface area contributed by atoms with Gasteiger partial charge in [0.2, 0.25) is 0 Å². The molecule has 1 aromatic heterocycles. The van der Waals surface area contributed by atoms with Crippen molar-refractivity contribution in [3.63, 3.8) is 0 Å². The standard InChI is InChI=1S/C23H31NO4/c1-4-28-23(26)20-15-24(14-17-10-12-19(27-3)13-11-17)21(16(20)2)22(25)18-8-6-5-7-9-18/h10-13,15,18,22,25H,4-9,14H2,1-3H3. The third-order valence-electron chi connectivity index (χ3n) is 5.77. The molecule has 1 fully saturated rings. The molecule has 0 aliphatic heterocycles. The average Bonchev–Trinajstić information content (AvgIpc) is 3.04. The summed E-state index contributed by atoms with van der Waals surface area (Å²) in [5.74, 6) is 0.722. The van der Waals surface area contributed by atoms with Gasteiger partial charge in [-0.1, -0.05) is 31.4 Å². The monoisotopic (exact) mass is 385 g/mol. The van der Waals surface area contributed by atoms with E-state index in [0.29, 0.717) is 18.7 Å². The van der Waals surface area contributed by atoms with Gasteiger partial charge in [-0.3, -0.25) is 0 Å². The summed E-state index contributed by atoms with van der Waals surface area (Å²) in [6.45, 7) is 4.64. The molecule has 0 amide bonds. The smallest absolute Gasteiger partial charge is 0.339 e. The molecule has 1 aliphatic rings. The molecule has 5 heteroatoms. The maximum absolute atomic E-state index is 12.4. The minimum absolute atomic E-state index is 0.243. The Morgan fingerprint density at radius 2 is 1.89 bits per heavy atom. The van der Waals surface area contributed by atoms with Crippen LogP contribution < -0.4 is 4.74 Å². The summed E-state index contributed by atoms with van der Waals surface area (Å²) < 4.78 is 12.5. The maximum atomic E-state index is 12.4. The van der Waals surface area contributed by atoms with Crippen molar-refractivity contribution in [2.75, 3.05) is 13.7 Å². The molecular formula is C23H31NO4. The number of aliphatic hydroxyl groups excluding tert-OH is 1. The van der Waals surface area contributed by atoms with Crippen molar-refractivity contribution < 1.29 is 19.4 Å². The second kappa shape index (κ2) is 9.28. The van der Waals surface area contributed by atoms with Crippen molar-refractivity contribution in [2.24, 2.45) is 5.92 Å². The van der Waals surface area contributed by atoms with E-state index in [1.165, 1.54) is 6.42 Å². The second-order valence-corrected chi connectivity index (χ2v) is 7.59. The van der Waals surface area contributed by atoms with Crippen molar-refractivity contribution in [1.82, 2.24) is 4.57 Å². The Labute approximate surface area is 167 Å². The van der Waals surface area contributed by atoms with Gasteiger partial charge in [-0.25, -0.2) is 4.79 Å². The molecule has 0 bridgehead atoms. The number of hydrogen-bond acceptors (Lipinski definition) is 4. The van der Waals surface area contributed by atoms with Crippen LogP contribution in [0.15, 0.2) is 30.5 Å². The SMILES string of the molecule is CCOC(=O)c1cn(Cc2ccc(OC)cc2)c(C(O)C2CCCCC2)c1C. The first-order valence-electron chi connectivity index (χ1n) is 10.2. The summed E-state index contributed by atoms with van der Waals surface area (Å²) in [6, 6.07) is 7.87. The topological polar surface area (TPSA) is 60.7 Å². The number of carbonyl (C=O) groups is 1. The average molecular weight is 386 g/mol. The van der Waals surface area contributed by atoms with E-state index >= 15 is 0 Å². The van der Waals surface area contributed by atoms with Crippen LogP contribution in [0.4, 0.5) is 0 Å². The number of hydrogen-bond donors (Lipinski definition) is 1. The van der Waals surface area contributed by atoms with Crippen LogP contribution in [0.3, 0.4) is 0 Å². The van der Waals surface area contributed by atoms with E-state index in [1.54, 1.807) is 14.0 Å². The zero-order valence-corrected chi connectivity index (χ0v) is 17.1. The molecule has 3 rings (SSSR count). The van der Waals surface area contributed by atoms with Gasteiger partial charge in [-0.05, 0) is 55.9 Å². The number of benzene rings is 1. The van der Waals surface area contributed by atoms with Crippen molar-refractivity contribution in [3.05, 3.63) is 52.8 Å². The molecule has 2 aromatic rings. The van der Waals surface area contributed by atoms with Gasteiger partial charge < -0.3 is 19.1 Å². The van der Waals surface area contributed by atoms with Crippen molar-refractivity contribution in [1.29, 1.82) is 0 Å². The van der Waals surface area contributed by atoms with Crippen LogP contribution in [0, 0.1) is 12.8 Å². The first-order chi connectivity index (χ1) is 13.5. The minimum atomic E-state index is -0.568. The van der Waals surface area contributed by atoms with Gasteiger partial charge in [0.05, 0.1) is 31.1 Å². The van der Waals surface area contributed by atoms with Crippen LogP contribution >= 0.6 is 0 Å². The Kier molecular flexibility index (Phi) is 6.79. The molecule has 1 heterocycles. The second-order valence-electron chi connectivity index (χ2n) is 7.59. The lowest BCUT2D eigenvalue weighted by Gasteiger charge is -2.28. The van der Waals surface area contributed by atoms with Crippen LogP contribution in [0.25, 0.3) is 0 Å². The Morgan fingerprint density at radius 3 is 2.50 bits per heavy atom. The number of esters is 1. The summed E-state index contributed by atoms with van der Waals surface area (Å²) >= 11 is 0. The normalized spacial score (nSPS) is 16.0. The maximum Gasteiger partial charge on any atom is 0.339 e. The highest BCUT2D eigenvalue weighted by Gasteiger charge is 2.29. The summed E-state index contributed by atoms with van der Waals surface area (Å²) in [6.07, 6.45) is 6.88. The fourth-order valence-corrected chi connectivity index (χ4v) is 4.21. The molecule has 0 radical (unpaired) electrons. The highest BCUT2D eigenvalue weighted by molar-refractivity contribution is 5.91. The van der Waals surface area contributed by atoms with Gasteiger partial charge in [0.25, 0.3) is 0 Å². The number of nitrogens with zero attached hydrogens (tertiary/aromatic N) is 1. The molecule has 152 valence electrons. The molecule has 1 N–H and O–H groups in total. The molecule has 1 unspecified atom stereocenters. The zero-order chi connectivity index (χ0) is 20.1. The Balaban J connectivity index is 1.95. The fraction of sp³-hybridized carbons (Fsp3) is 0.522. The van der Waals surface area contributed by atoms with Crippen molar-refractivity contribution in [2.45, 2.75) is 58.6 Å². The number of aliphatic hydroxyl groups is 1. The van der Waals surface area contributed by atoms with E-state index in [1.807, 2.05) is 42.0 Å². The summed E-state index contributed by atoms with van der Waals surface area (Å²) in [5, 5.41) is 11.2. The third-order valence-corrected chi connectivity index (χ3v) is 5.77. The van der Waals surface area contributed by atoms with E-state index in [-0.39, 0.29) is 11.9 Å². The number of carbonyl (C=O) groups excluding carboxylic acids is 1. The summed E-state index contributed by atoms with van der Waals surface area (Å²) in [5.41, 5.74) is 3.29. The van der Waals surface area contributed by atoms with E-state index in [9.17, 15) is 9.90 Å². The van der Waals surface area contributed by atoms with Crippen LogP contribution in [-0.4, -0.2) is 29.4 Å². The van der Waals surface area contributed by atoms with Gasteiger partial charge in [0.1, 0.15) is 5.75 Å². The third kappa shape index (κ3) is 4.41. The van der Waals surface area contributed by atoms with Crippen LogP contribution in [0.5, 0.6) is 5.75 Å². The van der Waals surface area contributed by atoms with Gasteiger partial charge in [0, 0.05) is 12.7 Å². The number of aromatic nitrogens is 1. The van der Waals surface area contributed by atoms with E-state index in [2.05, 4.69) is 0 Å². The van der Waals surface area contributed by atoms with Gasteiger partial charge >= 0.3 is 5.97 Å². The van der Waals surface area contributed by atoms with E-state index in [0.717, 1.165) is 48.3 Å². The van der Waals surface area contributed by atoms with E-state index in [4.69, 9.17) is 9.47 Å². The number of rotatable bonds is 7. The number of ether oxygens (including phenoxy) is 2. The van der Waals surface area contributed by atoms with Gasteiger partial charge in [-0.15, -0.1) is 0 Å². The molecule has 1 saturated carbocycles. The first-order valence-corrected chi connectivity index (χ1v) is 10.2. The van der Waals surface area contributed by atoms with Crippen molar-refractivity contribution >= 4 is 5.97 Å². The van der Waals surface area contributed by atoms with Crippen molar-refractivity contribution in [3.8, 4) is 5.75 Å². The predicted octanol–water partition coefficient (Wildman–Crippen LogP) is 4.64. The lowest BCUT2D eigenvalue weighted by atomic mass is 9.83. The molecule has 1 aliphatic carbocycles. The molecule has 28 heavy (non-hydrogen) atoms. The fourth-order valence-electron chi connectivity index (χ4n) is 4.21. The highest BCUT2D eigenvalue weighted by atomic mass is 16.5. The molecule has 1 atom stereocenters. The summed E-state index contributed by atoms with van der Waals surface area (Å²) in [7, 11) is 1.65. The Morgan fingerprint density at radius 1 is 1.21 bits per heavy atom. The van der Waals surface area contributed by atoms with Crippen LogP contribution in [0.2, 0.25) is 0 Å². The Bertz CT molecular complexity index is 788. The number of methoxy groups -OCH3 is 1. The first kappa shape index (κ1) is 20.5. The zero-order valence-electron chi connectivity index (χ0n) is 17.1. The van der Waals surface area contributed by atoms with Gasteiger partial charge in [0.15, 0.2) is 0 Å². The minimum Gasteiger partial charge on any atom is -0.497 e. The lowest BCUT2D eigenvalue weighted by Crippen LogP contribution is -2.20. The molecule has 0 saturated heterocycles. The molecular weight excluding hydrogens is 354 g/mol. The van der Waals surface area contributed by atoms with E-state index < -0.39 is 6.10 Å². The van der Waals surface area contributed by atoms with Crippen LogP contribution in [0.1, 0.15) is 72.3 Å². The molecule has 1 aromatic carbocycles. The lowest BCUT2D eigenvalue weighted by molar-refractivity contribution is 0.0525. The Hall–Kier alpha value is -2.27. The quantitative estimate of drug-likeness (QED) is 0.705. The predicted molar refractivity (Wildman–Crippen MR) is 109 cm³/mol. The molecule has 5 nitrogen and oxygen atoms in total. The van der Waals surface area contributed by atoms with Crippen LogP contribution in [-0.2, 0) is 11.3 Å². The largest absolute Gasteiger partial charge is 0.497 e. The highest BCUT2D eigenvalue weighted by Crippen LogP contribution is 2.37. The molecule has 0 spiro atoms. The summed E-state index contributed by atoms with van der Waals surface area (Å²) in [4.78, 5) is 12.4. The van der Waals surface area contributed by atoms with Gasteiger partial charge in [-0.2, -0.15) is 0 Å².